The summed E-state index contributed by atoms with van der Waals surface area (Å²) in [6, 6.07) is 3.70. The number of aromatic nitrogens is 2. The minimum Gasteiger partial charge on any atom is -0.301 e. The molecule has 0 N–H and O–H groups in total. The summed E-state index contributed by atoms with van der Waals surface area (Å²) in [5.41, 5.74) is 1.67. The maximum absolute atomic E-state index is 10.2. The molecule has 2 aromatic heterocycles. The summed E-state index contributed by atoms with van der Waals surface area (Å²) in [4.78, 5) is 18.1. The van der Waals surface area contributed by atoms with E-state index in [4.69, 9.17) is 0 Å². The number of isocyanates is 1. The van der Waals surface area contributed by atoms with Crippen LogP contribution in [-0.4, -0.2) is 15.5 Å². The third-order valence-electron chi connectivity index (χ3n) is 2.66. The molecule has 2 aromatic rings. The van der Waals surface area contributed by atoms with Crippen molar-refractivity contribution in [1.82, 2.24) is 9.38 Å². The lowest BCUT2D eigenvalue weighted by Crippen LogP contribution is -1.90. The fourth-order valence-corrected chi connectivity index (χ4v) is 1.76. The lowest BCUT2D eigenvalue weighted by molar-refractivity contribution is 0.565. The lowest BCUT2D eigenvalue weighted by atomic mass is 10.3. The van der Waals surface area contributed by atoms with Gasteiger partial charge in [0.2, 0.25) is 6.08 Å². The van der Waals surface area contributed by atoms with Crippen molar-refractivity contribution in [2.75, 3.05) is 0 Å². The highest BCUT2D eigenvalue weighted by Gasteiger charge is 2.27. The van der Waals surface area contributed by atoms with E-state index in [1.807, 2.05) is 22.9 Å². The van der Waals surface area contributed by atoms with E-state index in [1.165, 1.54) is 12.8 Å². The molecular weight excluding hydrogens is 190 g/mol. The topological polar surface area (TPSA) is 46.7 Å². The second kappa shape index (κ2) is 3.04. The molecule has 0 aliphatic heterocycles. The first-order chi connectivity index (χ1) is 7.38. The van der Waals surface area contributed by atoms with Crippen molar-refractivity contribution in [3.8, 4) is 0 Å². The molecule has 0 radical (unpaired) electrons. The van der Waals surface area contributed by atoms with Gasteiger partial charge in [-0.1, -0.05) is 0 Å². The van der Waals surface area contributed by atoms with E-state index >= 15 is 0 Å². The third kappa shape index (κ3) is 1.35. The highest BCUT2D eigenvalue weighted by molar-refractivity contribution is 5.55. The van der Waals surface area contributed by atoms with Crippen LogP contribution >= 0.6 is 0 Å². The number of hydrogen-bond acceptors (Lipinski definition) is 3. The van der Waals surface area contributed by atoms with Crippen LogP contribution in [0.3, 0.4) is 0 Å². The number of nitrogens with zero attached hydrogens (tertiary/aromatic N) is 3. The normalized spacial score (nSPS) is 15.2. The van der Waals surface area contributed by atoms with Crippen LogP contribution in [0.2, 0.25) is 0 Å². The number of pyridine rings is 1. The molecule has 0 amide bonds. The Kier molecular flexibility index (Phi) is 1.70. The molecule has 0 saturated heterocycles. The molecular formula is C11H9N3O. The predicted octanol–water partition coefficient (Wildman–Crippen LogP) is 2.18. The fraction of sp³-hybridized carbons (Fsp3) is 0.273. The Morgan fingerprint density at radius 3 is 3.07 bits per heavy atom. The Labute approximate surface area is 86.3 Å². The first-order valence-electron chi connectivity index (χ1n) is 4.93. The minimum absolute atomic E-state index is 0.586. The molecule has 1 aliphatic rings. The Balaban J connectivity index is 2.21. The second-order valence-electron chi connectivity index (χ2n) is 3.78. The summed E-state index contributed by atoms with van der Waals surface area (Å²) in [5.74, 6) is 1.66. The smallest absolute Gasteiger partial charge is 0.240 e. The third-order valence-corrected chi connectivity index (χ3v) is 2.66. The van der Waals surface area contributed by atoms with Crippen LogP contribution in [0.4, 0.5) is 5.69 Å². The van der Waals surface area contributed by atoms with Gasteiger partial charge in [-0.15, -0.1) is 0 Å². The van der Waals surface area contributed by atoms with Gasteiger partial charge in [0.05, 0.1) is 17.4 Å². The lowest BCUT2D eigenvalue weighted by Gasteiger charge is -1.99. The van der Waals surface area contributed by atoms with Crippen LogP contribution in [0, 0.1) is 0 Å². The monoisotopic (exact) mass is 199 g/mol. The van der Waals surface area contributed by atoms with Crippen molar-refractivity contribution >= 4 is 17.3 Å². The largest absolute Gasteiger partial charge is 0.301 e. The molecule has 0 unspecified atom stereocenters. The minimum atomic E-state index is 0.586. The Morgan fingerprint density at radius 1 is 1.47 bits per heavy atom. The molecule has 15 heavy (non-hydrogen) atoms. The van der Waals surface area contributed by atoms with Crippen molar-refractivity contribution in [3.63, 3.8) is 0 Å². The van der Waals surface area contributed by atoms with Crippen LogP contribution in [0.1, 0.15) is 24.6 Å². The molecule has 0 atom stereocenters. The van der Waals surface area contributed by atoms with E-state index in [9.17, 15) is 4.79 Å². The van der Waals surface area contributed by atoms with Gasteiger partial charge in [-0.05, 0) is 25.0 Å². The molecule has 4 nitrogen and oxygen atoms in total. The van der Waals surface area contributed by atoms with Crippen molar-refractivity contribution in [1.29, 1.82) is 0 Å². The standard InChI is InChI=1S/C11H9N3O/c15-7-13-9-3-4-10-5-12-11(8-1-2-8)14(10)6-9/h3-6,8H,1-2H2. The van der Waals surface area contributed by atoms with E-state index < -0.39 is 0 Å². The average molecular weight is 199 g/mol. The fourth-order valence-electron chi connectivity index (χ4n) is 1.76. The van der Waals surface area contributed by atoms with Gasteiger partial charge >= 0.3 is 0 Å². The summed E-state index contributed by atoms with van der Waals surface area (Å²) < 4.78 is 2.01. The Bertz CT molecular complexity index is 562. The molecule has 1 saturated carbocycles. The molecule has 0 spiro atoms. The van der Waals surface area contributed by atoms with Gasteiger partial charge in [-0.2, -0.15) is 4.99 Å². The number of hydrogen-bond donors (Lipinski definition) is 0. The van der Waals surface area contributed by atoms with Crippen molar-refractivity contribution < 1.29 is 4.79 Å². The van der Waals surface area contributed by atoms with Crippen molar-refractivity contribution in [2.45, 2.75) is 18.8 Å². The molecule has 4 heteroatoms. The van der Waals surface area contributed by atoms with Gasteiger partial charge in [0, 0.05) is 12.1 Å². The van der Waals surface area contributed by atoms with Crippen LogP contribution in [0.15, 0.2) is 29.5 Å². The number of fused-ring (bicyclic) bond motifs is 1. The zero-order valence-corrected chi connectivity index (χ0v) is 8.05. The SMILES string of the molecule is O=C=Nc1ccc2cnc(C3CC3)n2c1. The van der Waals surface area contributed by atoms with Crippen molar-refractivity contribution in [3.05, 3.63) is 30.4 Å². The number of aliphatic imine (C=N–C) groups is 1. The molecule has 74 valence electrons. The zero-order valence-electron chi connectivity index (χ0n) is 8.05. The molecule has 1 fully saturated rings. The highest BCUT2D eigenvalue weighted by Crippen LogP contribution is 2.39. The Hall–Kier alpha value is -1.93. The summed E-state index contributed by atoms with van der Waals surface area (Å²) in [6.45, 7) is 0. The number of rotatable bonds is 2. The first-order valence-corrected chi connectivity index (χ1v) is 4.93. The molecule has 0 aromatic carbocycles. The predicted molar refractivity (Wildman–Crippen MR) is 54.9 cm³/mol. The van der Waals surface area contributed by atoms with E-state index in [1.54, 1.807) is 12.1 Å². The van der Waals surface area contributed by atoms with Gasteiger partial charge in [-0.25, -0.2) is 9.78 Å². The van der Waals surface area contributed by atoms with E-state index in [2.05, 4.69) is 9.98 Å². The Morgan fingerprint density at radius 2 is 2.33 bits per heavy atom. The van der Waals surface area contributed by atoms with Gasteiger partial charge < -0.3 is 4.40 Å². The van der Waals surface area contributed by atoms with Crippen LogP contribution in [0.25, 0.3) is 5.52 Å². The summed E-state index contributed by atoms with van der Waals surface area (Å²) in [5, 5.41) is 0. The average Bonchev–Trinajstić information content (AvgIpc) is 3.00. The maximum Gasteiger partial charge on any atom is 0.240 e. The van der Waals surface area contributed by atoms with Crippen LogP contribution in [-0.2, 0) is 4.79 Å². The van der Waals surface area contributed by atoms with Gasteiger partial charge in [0.15, 0.2) is 0 Å². The van der Waals surface area contributed by atoms with Crippen LogP contribution < -0.4 is 0 Å². The molecule has 0 bridgehead atoms. The van der Waals surface area contributed by atoms with Gasteiger partial charge in [-0.3, -0.25) is 0 Å². The quantitative estimate of drug-likeness (QED) is 0.549. The van der Waals surface area contributed by atoms with Crippen LogP contribution in [0.5, 0.6) is 0 Å². The zero-order chi connectivity index (χ0) is 10.3. The first kappa shape index (κ1) is 8.38. The second-order valence-corrected chi connectivity index (χ2v) is 3.78. The molecule has 3 rings (SSSR count). The summed E-state index contributed by atoms with van der Waals surface area (Å²) in [7, 11) is 0. The maximum atomic E-state index is 10.2. The van der Waals surface area contributed by atoms with Gasteiger partial charge in [0.25, 0.3) is 0 Å². The van der Waals surface area contributed by atoms with E-state index in [0.29, 0.717) is 11.6 Å². The van der Waals surface area contributed by atoms with Gasteiger partial charge in [0.1, 0.15) is 5.82 Å². The summed E-state index contributed by atoms with van der Waals surface area (Å²) in [6.07, 6.45) is 7.65. The van der Waals surface area contributed by atoms with Crippen molar-refractivity contribution in [2.24, 2.45) is 4.99 Å². The molecule has 2 heterocycles. The number of carbonyl (C=O) groups excluding carboxylic acids is 1. The number of imidazole rings is 1. The van der Waals surface area contributed by atoms with E-state index in [0.717, 1.165) is 11.3 Å². The highest BCUT2D eigenvalue weighted by atomic mass is 16.1. The summed E-state index contributed by atoms with van der Waals surface area (Å²) >= 11 is 0. The molecule has 1 aliphatic carbocycles. The van der Waals surface area contributed by atoms with E-state index in [-0.39, 0.29) is 0 Å².